The van der Waals surface area contributed by atoms with E-state index in [9.17, 15) is 8.42 Å². The Balaban J connectivity index is 4.17. The SMILES string of the molecule is CCS(=O)(=O)C(C)OC. The highest BCUT2D eigenvalue weighted by molar-refractivity contribution is 7.91. The van der Waals surface area contributed by atoms with Crippen molar-refractivity contribution >= 4 is 9.84 Å². The first kappa shape index (κ1) is 8.91. The van der Waals surface area contributed by atoms with E-state index in [1.54, 1.807) is 6.92 Å². The molecule has 0 amide bonds. The first-order valence-electron chi connectivity index (χ1n) is 2.79. The van der Waals surface area contributed by atoms with Gasteiger partial charge in [0.15, 0.2) is 15.3 Å². The minimum absolute atomic E-state index is 0.141. The summed E-state index contributed by atoms with van der Waals surface area (Å²) in [5.74, 6) is 0.141. The third kappa shape index (κ3) is 2.32. The molecule has 0 saturated heterocycles. The number of rotatable bonds is 3. The molecule has 0 fully saturated rings. The second kappa shape index (κ2) is 3.17. The molecule has 0 aromatic heterocycles. The first-order chi connectivity index (χ1) is 4.04. The summed E-state index contributed by atoms with van der Waals surface area (Å²) >= 11 is 0. The molecule has 0 aliphatic rings. The molecule has 0 radical (unpaired) electrons. The lowest BCUT2D eigenvalue weighted by molar-refractivity contribution is 0.178. The smallest absolute Gasteiger partial charge is 0.176 e. The molecule has 0 rings (SSSR count). The van der Waals surface area contributed by atoms with E-state index in [-0.39, 0.29) is 5.75 Å². The van der Waals surface area contributed by atoms with Crippen LogP contribution in [-0.2, 0) is 14.6 Å². The molecule has 1 atom stereocenters. The van der Waals surface area contributed by atoms with Crippen molar-refractivity contribution in [2.24, 2.45) is 0 Å². The van der Waals surface area contributed by atoms with Crippen LogP contribution in [0.5, 0.6) is 0 Å². The van der Waals surface area contributed by atoms with Crippen LogP contribution in [0.1, 0.15) is 13.8 Å². The second-order valence-electron chi connectivity index (χ2n) is 1.75. The topological polar surface area (TPSA) is 43.4 Å². The summed E-state index contributed by atoms with van der Waals surface area (Å²) in [5.41, 5.74) is -0.664. The van der Waals surface area contributed by atoms with Crippen molar-refractivity contribution in [3.05, 3.63) is 0 Å². The Hall–Kier alpha value is -0.0900. The molecule has 0 N–H and O–H groups in total. The van der Waals surface area contributed by atoms with E-state index in [0.29, 0.717) is 0 Å². The van der Waals surface area contributed by atoms with Crippen molar-refractivity contribution in [1.29, 1.82) is 0 Å². The number of hydrogen-bond donors (Lipinski definition) is 0. The van der Waals surface area contributed by atoms with Gasteiger partial charge in [-0.05, 0) is 6.92 Å². The quantitative estimate of drug-likeness (QED) is 0.588. The van der Waals surface area contributed by atoms with Gasteiger partial charge < -0.3 is 4.74 Å². The maximum absolute atomic E-state index is 10.8. The Morgan fingerprint density at radius 3 is 2.11 bits per heavy atom. The van der Waals surface area contributed by atoms with Crippen LogP contribution in [-0.4, -0.2) is 26.7 Å². The number of ether oxygens (including phenoxy) is 1. The van der Waals surface area contributed by atoms with Crippen molar-refractivity contribution in [2.75, 3.05) is 12.9 Å². The lowest BCUT2D eigenvalue weighted by Gasteiger charge is -2.07. The van der Waals surface area contributed by atoms with Crippen LogP contribution in [0.4, 0.5) is 0 Å². The fourth-order valence-electron chi connectivity index (χ4n) is 0.381. The molecule has 0 spiro atoms. The molecule has 4 heteroatoms. The maximum atomic E-state index is 10.8. The predicted octanol–water partition coefficient (Wildman–Crippen LogP) is 0.414. The summed E-state index contributed by atoms with van der Waals surface area (Å²) < 4.78 is 26.2. The summed E-state index contributed by atoms with van der Waals surface area (Å²) in [6, 6.07) is 0. The van der Waals surface area contributed by atoms with Crippen LogP contribution in [0.15, 0.2) is 0 Å². The fourth-order valence-corrected chi connectivity index (χ4v) is 1.14. The highest BCUT2D eigenvalue weighted by Crippen LogP contribution is 2.00. The van der Waals surface area contributed by atoms with Gasteiger partial charge in [0.25, 0.3) is 0 Å². The van der Waals surface area contributed by atoms with Gasteiger partial charge in [-0.15, -0.1) is 0 Å². The van der Waals surface area contributed by atoms with Crippen molar-refractivity contribution < 1.29 is 13.2 Å². The molecular formula is C5H12O3S. The maximum Gasteiger partial charge on any atom is 0.176 e. The van der Waals surface area contributed by atoms with Gasteiger partial charge in [-0.3, -0.25) is 0 Å². The van der Waals surface area contributed by atoms with Crippen molar-refractivity contribution in [1.82, 2.24) is 0 Å². The highest BCUT2D eigenvalue weighted by atomic mass is 32.2. The summed E-state index contributed by atoms with van der Waals surface area (Å²) in [5, 5.41) is 0. The van der Waals surface area contributed by atoms with Gasteiger partial charge in [-0.25, -0.2) is 8.42 Å². The van der Waals surface area contributed by atoms with Crippen molar-refractivity contribution in [2.45, 2.75) is 19.3 Å². The van der Waals surface area contributed by atoms with Gasteiger partial charge in [-0.1, -0.05) is 6.92 Å². The van der Waals surface area contributed by atoms with E-state index in [0.717, 1.165) is 0 Å². The van der Waals surface area contributed by atoms with Gasteiger partial charge in [0.1, 0.15) is 0 Å². The van der Waals surface area contributed by atoms with Gasteiger partial charge >= 0.3 is 0 Å². The van der Waals surface area contributed by atoms with Gasteiger partial charge in [-0.2, -0.15) is 0 Å². The van der Waals surface area contributed by atoms with Crippen LogP contribution in [0.25, 0.3) is 0 Å². The molecule has 0 aliphatic carbocycles. The summed E-state index contributed by atoms with van der Waals surface area (Å²) in [7, 11) is -1.58. The normalized spacial score (nSPS) is 15.4. The summed E-state index contributed by atoms with van der Waals surface area (Å²) in [6.45, 7) is 3.13. The zero-order valence-corrected chi connectivity index (χ0v) is 6.73. The van der Waals surface area contributed by atoms with Crippen LogP contribution < -0.4 is 0 Å². The molecule has 9 heavy (non-hydrogen) atoms. The molecule has 1 unspecified atom stereocenters. The monoisotopic (exact) mass is 152 g/mol. The van der Waals surface area contributed by atoms with E-state index in [4.69, 9.17) is 0 Å². The molecule has 56 valence electrons. The number of hydrogen-bond acceptors (Lipinski definition) is 3. The van der Waals surface area contributed by atoms with Crippen LogP contribution in [0.3, 0.4) is 0 Å². The summed E-state index contributed by atoms with van der Waals surface area (Å²) in [4.78, 5) is 0. The Morgan fingerprint density at radius 2 is 2.00 bits per heavy atom. The minimum atomic E-state index is -2.97. The molecule has 0 saturated carbocycles. The standard InChI is InChI=1S/C5H12O3S/c1-4-9(6,7)5(2)8-3/h5H,4H2,1-3H3. The van der Waals surface area contributed by atoms with E-state index in [2.05, 4.69) is 4.74 Å². The number of sulfone groups is 1. The van der Waals surface area contributed by atoms with Gasteiger partial charge in [0.2, 0.25) is 0 Å². The molecule has 3 nitrogen and oxygen atoms in total. The third-order valence-electron chi connectivity index (χ3n) is 1.24. The van der Waals surface area contributed by atoms with Gasteiger partial charge in [0.05, 0.1) is 0 Å². The second-order valence-corrected chi connectivity index (χ2v) is 4.32. The molecule has 0 aromatic carbocycles. The Morgan fingerprint density at radius 1 is 1.56 bits per heavy atom. The molecule has 0 aromatic rings. The average Bonchev–Trinajstić information content (AvgIpc) is 1.86. The Labute approximate surface area is 55.9 Å². The van der Waals surface area contributed by atoms with Crippen molar-refractivity contribution in [3.8, 4) is 0 Å². The lowest BCUT2D eigenvalue weighted by atomic mass is 10.9. The zero-order valence-electron chi connectivity index (χ0n) is 5.92. The number of methoxy groups -OCH3 is 1. The lowest BCUT2D eigenvalue weighted by Crippen LogP contribution is -2.21. The van der Waals surface area contributed by atoms with E-state index < -0.39 is 15.3 Å². The van der Waals surface area contributed by atoms with E-state index >= 15 is 0 Å². The molecular weight excluding hydrogens is 140 g/mol. The van der Waals surface area contributed by atoms with E-state index in [1.807, 2.05) is 0 Å². The largest absolute Gasteiger partial charge is 0.366 e. The fraction of sp³-hybridized carbons (Fsp3) is 1.00. The van der Waals surface area contributed by atoms with Crippen molar-refractivity contribution in [3.63, 3.8) is 0 Å². The zero-order chi connectivity index (χ0) is 7.49. The third-order valence-corrected chi connectivity index (χ3v) is 3.25. The van der Waals surface area contributed by atoms with Gasteiger partial charge in [0, 0.05) is 12.9 Å². The molecule has 0 bridgehead atoms. The average molecular weight is 152 g/mol. The minimum Gasteiger partial charge on any atom is -0.366 e. The Kier molecular flexibility index (Phi) is 3.14. The highest BCUT2D eigenvalue weighted by Gasteiger charge is 2.16. The predicted molar refractivity (Wildman–Crippen MR) is 35.9 cm³/mol. The Bertz CT molecular complexity index is 159. The van der Waals surface area contributed by atoms with E-state index in [1.165, 1.54) is 14.0 Å². The molecule has 0 aliphatic heterocycles. The van der Waals surface area contributed by atoms with Crippen LogP contribution in [0, 0.1) is 0 Å². The summed E-state index contributed by atoms with van der Waals surface area (Å²) in [6.07, 6.45) is 0. The van der Waals surface area contributed by atoms with Crippen LogP contribution >= 0.6 is 0 Å². The van der Waals surface area contributed by atoms with Crippen LogP contribution in [0.2, 0.25) is 0 Å². The molecule has 0 heterocycles. The first-order valence-corrected chi connectivity index (χ1v) is 4.50.